The molecular weight excluding hydrogens is 706 g/mol. The molecule has 3 saturated heterocycles. The van der Waals surface area contributed by atoms with Gasteiger partial charge in [0.15, 0.2) is 32.3 Å². The lowest BCUT2D eigenvalue weighted by molar-refractivity contribution is -0.191. The van der Waals surface area contributed by atoms with Gasteiger partial charge < -0.3 is 23.7 Å². The van der Waals surface area contributed by atoms with E-state index in [9.17, 15) is 52.7 Å². The number of hydrogen-bond donors (Lipinski definition) is 0. The van der Waals surface area contributed by atoms with E-state index in [1.54, 1.807) is 13.8 Å². The molecule has 3 rings (SSSR count). The molecule has 0 N–H and O–H groups in total. The van der Waals surface area contributed by atoms with Gasteiger partial charge in [-0.2, -0.15) is 0 Å². The Morgan fingerprint density at radius 2 is 1.02 bits per heavy atom. The van der Waals surface area contributed by atoms with E-state index in [-0.39, 0.29) is 29.9 Å². The fourth-order valence-electron chi connectivity index (χ4n) is 4.29. The molecule has 0 aromatic rings. The van der Waals surface area contributed by atoms with Gasteiger partial charge in [-0.1, -0.05) is 19.7 Å². The minimum Gasteiger partial charge on any atom is -0.452 e. The monoisotopic (exact) mass is 749 g/mol. The zero-order valence-corrected chi connectivity index (χ0v) is 30.8. The van der Waals surface area contributed by atoms with Crippen LogP contribution in [0.2, 0.25) is 0 Å². The fraction of sp³-hybridized carbons (Fsp3) is 0.500. The summed E-state index contributed by atoms with van der Waals surface area (Å²) in [6.07, 6.45) is -0.976. The van der Waals surface area contributed by atoms with Gasteiger partial charge in [-0.15, -0.1) is 0 Å². The van der Waals surface area contributed by atoms with Crippen LogP contribution in [0.3, 0.4) is 0 Å². The van der Waals surface area contributed by atoms with E-state index in [2.05, 4.69) is 29.2 Å². The summed E-state index contributed by atoms with van der Waals surface area (Å²) in [7, 11) is 0. The molecule has 2 atom stereocenters. The van der Waals surface area contributed by atoms with Crippen LogP contribution in [0.1, 0.15) is 68.2 Å². The molecule has 0 aromatic carbocycles. The van der Waals surface area contributed by atoms with Crippen molar-refractivity contribution in [3.05, 3.63) is 37.0 Å². The maximum Gasteiger partial charge on any atom is 0.333 e. The molecule has 0 aliphatic carbocycles. The zero-order valence-electron chi connectivity index (χ0n) is 30.8. The van der Waals surface area contributed by atoms with Crippen molar-refractivity contribution in [3.8, 4) is 0 Å². The molecule has 19 nitrogen and oxygen atoms in total. The van der Waals surface area contributed by atoms with Crippen LogP contribution in [0.4, 0.5) is 0 Å². The maximum absolute atomic E-state index is 11.9. The van der Waals surface area contributed by atoms with E-state index < -0.39 is 103 Å². The predicted octanol–water partition coefficient (Wildman–Crippen LogP) is 0.397. The van der Waals surface area contributed by atoms with E-state index in [1.807, 2.05) is 13.8 Å². The van der Waals surface area contributed by atoms with Gasteiger partial charge in [0.1, 0.15) is 0 Å². The Hall–Kier alpha value is -6.01. The molecule has 2 unspecified atom stereocenters. The third-order valence-corrected chi connectivity index (χ3v) is 7.88. The lowest BCUT2D eigenvalue weighted by atomic mass is 9.64. The van der Waals surface area contributed by atoms with Crippen molar-refractivity contribution in [1.29, 1.82) is 0 Å². The number of carbonyl (C=O) groups excluding carboxylic acids is 11. The van der Waals surface area contributed by atoms with Crippen molar-refractivity contribution in [2.75, 3.05) is 19.8 Å². The zero-order chi connectivity index (χ0) is 41.2. The normalized spacial score (nSPS) is 18.6. The summed E-state index contributed by atoms with van der Waals surface area (Å²) in [4.78, 5) is 126. The number of likely N-dealkylation sites (tertiary alicyclic amines) is 3. The molecule has 0 aromatic heterocycles. The molecule has 0 radical (unpaired) electrons. The van der Waals surface area contributed by atoms with Gasteiger partial charge in [-0.05, 0) is 41.5 Å². The summed E-state index contributed by atoms with van der Waals surface area (Å²) in [5.74, 6) is -6.47. The molecule has 0 spiro atoms. The van der Waals surface area contributed by atoms with Crippen molar-refractivity contribution in [2.45, 2.75) is 86.2 Å². The fourth-order valence-corrected chi connectivity index (χ4v) is 4.29. The Labute approximate surface area is 304 Å². The molecule has 3 aliphatic rings. The van der Waals surface area contributed by atoms with Crippen LogP contribution in [0.5, 0.6) is 0 Å². The Bertz CT molecular complexity index is 1620. The van der Waals surface area contributed by atoms with Gasteiger partial charge in [-0.25, -0.2) is 24.2 Å². The predicted molar refractivity (Wildman–Crippen MR) is 176 cm³/mol. The molecule has 6 amide bonds. The first-order valence-corrected chi connectivity index (χ1v) is 15.7. The summed E-state index contributed by atoms with van der Waals surface area (Å²) < 4.78 is 23.3. The van der Waals surface area contributed by atoms with Gasteiger partial charge in [0.05, 0.1) is 23.8 Å². The number of amides is 6. The van der Waals surface area contributed by atoms with Crippen LogP contribution >= 0.6 is 0 Å². The number of ether oxygens (including phenoxy) is 5. The summed E-state index contributed by atoms with van der Waals surface area (Å²) in [6, 6.07) is 0. The van der Waals surface area contributed by atoms with Gasteiger partial charge >= 0.3 is 29.8 Å². The van der Waals surface area contributed by atoms with E-state index in [1.165, 1.54) is 27.7 Å². The highest BCUT2D eigenvalue weighted by molar-refractivity contribution is 6.06. The molecule has 53 heavy (non-hydrogen) atoms. The van der Waals surface area contributed by atoms with Crippen LogP contribution in [0.25, 0.3) is 0 Å². The summed E-state index contributed by atoms with van der Waals surface area (Å²) in [5, 5.41) is 0. The average molecular weight is 750 g/mol. The number of nitrogens with zero attached hydrogens (tertiary/aromatic N) is 3. The Balaban J connectivity index is 0.000000398. The second-order valence-electron chi connectivity index (χ2n) is 12.6. The standard InChI is InChI=1S/C13H19NO4.C11H13NO6.C10H11NO6/c1-8(2)10(16)18-7-9(15)14-11(17)12(3,4)13(14,5)6;1-6(2)11(16)17-5-9(15)12-8(14)4-10(12)18-7(3)13;1-3-10(15)16-5-8(14)11-7(13)4-9(11)17-6(2)12/h1,7H2,2-6H3;10H,1,4-5H2,2-3H3;3,9H,1,4-5H2,2H3. The lowest BCUT2D eigenvalue weighted by Crippen LogP contribution is -2.75. The lowest BCUT2D eigenvalue weighted by Gasteiger charge is -2.58. The number of β-lactam (4-membered cyclic amide) rings is 3. The summed E-state index contributed by atoms with van der Waals surface area (Å²) >= 11 is 0. The largest absolute Gasteiger partial charge is 0.452 e. The second-order valence-corrected chi connectivity index (χ2v) is 12.6. The van der Waals surface area contributed by atoms with E-state index >= 15 is 0 Å². The van der Waals surface area contributed by atoms with E-state index in [4.69, 9.17) is 14.2 Å². The number of esters is 5. The summed E-state index contributed by atoms with van der Waals surface area (Å²) in [6.45, 7) is 20.8. The van der Waals surface area contributed by atoms with Crippen molar-refractivity contribution >= 4 is 65.3 Å². The van der Waals surface area contributed by atoms with Crippen LogP contribution in [-0.4, -0.2) is 118 Å². The van der Waals surface area contributed by atoms with Crippen molar-refractivity contribution in [2.24, 2.45) is 5.41 Å². The number of hydrogen-bond acceptors (Lipinski definition) is 16. The van der Waals surface area contributed by atoms with Crippen molar-refractivity contribution in [3.63, 3.8) is 0 Å². The average Bonchev–Trinajstić information content (AvgIpc) is 3.04. The third-order valence-electron chi connectivity index (χ3n) is 7.88. The topological polar surface area (TPSA) is 244 Å². The van der Waals surface area contributed by atoms with E-state index in [0.29, 0.717) is 0 Å². The first-order valence-electron chi connectivity index (χ1n) is 15.7. The van der Waals surface area contributed by atoms with Gasteiger partial charge in [0, 0.05) is 31.1 Å². The SMILES string of the molecule is C=C(C)C(=O)OCC(=O)N1C(=O)C(C)(C)C1(C)C.C=C(C)C(=O)OCC(=O)N1C(=O)CC1OC(C)=O.C=CC(=O)OCC(=O)N1C(=O)CC1OC(C)=O. The van der Waals surface area contributed by atoms with E-state index in [0.717, 1.165) is 20.8 Å². The highest BCUT2D eigenvalue weighted by Crippen LogP contribution is 2.47. The molecule has 3 fully saturated rings. The Morgan fingerprint density at radius 1 is 0.660 bits per heavy atom. The minimum atomic E-state index is -0.897. The van der Waals surface area contributed by atoms with Crippen LogP contribution in [-0.2, 0) is 76.4 Å². The minimum absolute atomic E-state index is 0.0409. The highest BCUT2D eigenvalue weighted by atomic mass is 16.6. The Kier molecular flexibility index (Phi) is 15.7. The van der Waals surface area contributed by atoms with Gasteiger partial charge in [0.2, 0.25) is 17.7 Å². The molecule has 19 heteroatoms. The highest BCUT2D eigenvalue weighted by Gasteiger charge is 2.62. The molecule has 290 valence electrons. The van der Waals surface area contributed by atoms with Crippen LogP contribution in [0.15, 0.2) is 37.0 Å². The smallest absolute Gasteiger partial charge is 0.333 e. The van der Waals surface area contributed by atoms with Crippen LogP contribution in [0, 0.1) is 5.41 Å². The van der Waals surface area contributed by atoms with Gasteiger partial charge in [0.25, 0.3) is 17.7 Å². The maximum atomic E-state index is 11.9. The number of rotatable bonds is 11. The molecule has 3 heterocycles. The molecule has 3 aliphatic heterocycles. The Morgan fingerprint density at radius 3 is 1.32 bits per heavy atom. The van der Waals surface area contributed by atoms with Gasteiger partial charge in [-0.3, -0.25) is 43.3 Å². The quantitative estimate of drug-likeness (QED) is 0.120. The van der Waals surface area contributed by atoms with Crippen LogP contribution < -0.4 is 0 Å². The summed E-state index contributed by atoms with van der Waals surface area (Å²) in [5.41, 5.74) is -0.788. The molecule has 0 saturated carbocycles. The first kappa shape index (κ1) is 45.0. The molecule has 0 bridgehead atoms. The molecular formula is C34H43N3O16. The number of imide groups is 3. The third kappa shape index (κ3) is 11.5. The first-order chi connectivity index (χ1) is 24.3. The van der Waals surface area contributed by atoms with Crippen molar-refractivity contribution < 1.29 is 76.4 Å². The number of carbonyl (C=O) groups is 11. The van der Waals surface area contributed by atoms with Crippen molar-refractivity contribution in [1.82, 2.24) is 14.7 Å². The second kappa shape index (κ2) is 18.5.